The molecule has 0 aliphatic carbocycles. The maximum absolute atomic E-state index is 13.3. The van der Waals surface area contributed by atoms with Gasteiger partial charge in [-0.1, -0.05) is 35.4 Å². The molecule has 3 aliphatic rings. The normalized spacial score (nSPS) is 35.3. The first-order valence-electron chi connectivity index (χ1n) is 8.49. The molecule has 1 amide bonds. The van der Waals surface area contributed by atoms with Crippen molar-refractivity contribution < 1.29 is 19.4 Å². The third-order valence-electron chi connectivity index (χ3n) is 5.56. The van der Waals surface area contributed by atoms with Crippen molar-refractivity contribution >= 4 is 17.6 Å². The molecule has 5 atom stereocenters. The van der Waals surface area contributed by atoms with Crippen LogP contribution in [0.3, 0.4) is 0 Å². The number of hydrogen-bond acceptors (Lipinski definition) is 3. The number of fused-ring (bicyclic) bond motifs is 1. The van der Waals surface area contributed by atoms with Crippen LogP contribution >= 0.6 is 0 Å². The van der Waals surface area contributed by atoms with Gasteiger partial charge in [-0.3, -0.25) is 9.59 Å². The van der Waals surface area contributed by atoms with Gasteiger partial charge in [-0.2, -0.15) is 0 Å². The van der Waals surface area contributed by atoms with Crippen LogP contribution in [0, 0.1) is 18.8 Å². The number of hydrogen-bond donors (Lipinski definition) is 1. The summed E-state index contributed by atoms with van der Waals surface area (Å²) in [4.78, 5) is 26.8. The average Bonchev–Trinajstić information content (AvgIpc) is 3.18. The molecule has 3 heterocycles. The van der Waals surface area contributed by atoms with Crippen LogP contribution in [0.1, 0.15) is 18.9 Å². The van der Waals surface area contributed by atoms with Crippen molar-refractivity contribution in [1.82, 2.24) is 0 Å². The number of anilines is 1. The maximum Gasteiger partial charge on any atom is 0.310 e. The largest absolute Gasteiger partial charge is 0.481 e. The van der Waals surface area contributed by atoms with E-state index in [4.69, 9.17) is 4.74 Å². The Balaban J connectivity index is 1.84. The van der Waals surface area contributed by atoms with Crippen molar-refractivity contribution in [3.63, 3.8) is 0 Å². The van der Waals surface area contributed by atoms with Gasteiger partial charge in [0.1, 0.15) is 11.5 Å². The highest BCUT2D eigenvalue weighted by molar-refractivity contribution is 6.03. The fourth-order valence-electron chi connectivity index (χ4n) is 4.53. The molecule has 1 N–H and O–H groups in total. The number of ether oxygens (including phenoxy) is 1. The molecule has 1 spiro atoms. The third-order valence-corrected chi connectivity index (χ3v) is 5.56. The fraction of sp³-hybridized carbons (Fsp3) is 0.400. The predicted octanol–water partition coefficient (Wildman–Crippen LogP) is 2.70. The van der Waals surface area contributed by atoms with Crippen LogP contribution in [-0.2, 0) is 14.3 Å². The lowest BCUT2D eigenvalue weighted by atomic mass is 9.74. The molecule has 4 rings (SSSR count). The number of carboxylic acid groups (broad SMARTS) is 1. The summed E-state index contributed by atoms with van der Waals surface area (Å²) in [6.07, 6.45) is 3.74. The van der Waals surface area contributed by atoms with Gasteiger partial charge in [0.15, 0.2) is 0 Å². The van der Waals surface area contributed by atoms with E-state index in [-0.39, 0.29) is 11.9 Å². The highest BCUT2D eigenvalue weighted by Gasteiger charge is 2.71. The van der Waals surface area contributed by atoms with Crippen molar-refractivity contribution in [2.45, 2.75) is 38.0 Å². The number of rotatable bonds is 4. The van der Waals surface area contributed by atoms with Crippen molar-refractivity contribution in [3.05, 3.63) is 54.1 Å². The first-order chi connectivity index (χ1) is 11.8. The summed E-state index contributed by atoms with van der Waals surface area (Å²) >= 11 is 0. The Hall–Kier alpha value is -2.40. The Morgan fingerprint density at radius 2 is 2.04 bits per heavy atom. The standard InChI is InChI=1S/C20H21NO4/c1-11(2)10-15-20-9-8-14(25-20)16(19(23)24)17(20)18(22)21(15)13-6-4-12(3)5-7-13/h4-9,14-17H,1,10H2,2-3H3,(H,23,24)/t14-,15+,16-,17+,20+/m0/s1. The minimum Gasteiger partial charge on any atom is -0.481 e. The third kappa shape index (κ3) is 2.12. The summed E-state index contributed by atoms with van der Waals surface area (Å²) in [5.41, 5.74) is 1.93. The summed E-state index contributed by atoms with van der Waals surface area (Å²) in [7, 11) is 0. The van der Waals surface area contributed by atoms with E-state index >= 15 is 0 Å². The number of carbonyl (C=O) groups is 2. The van der Waals surface area contributed by atoms with E-state index in [9.17, 15) is 14.7 Å². The molecular weight excluding hydrogens is 318 g/mol. The molecule has 2 saturated heterocycles. The number of nitrogens with zero attached hydrogens (tertiary/aromatic N) is 1. The molecule has 2 bridgehead atoms. The van der Waals surface area contributed by atoms with Gasteiger partial charge in [0.05, 0.1) is 18.1 Å². The molecule has 25 heavy (non-hydrogen) atoms. The van der Waals surface area contributed by atoms with Crippen LogP contribution in [0.5, 0.6) is 0 Å². The predicted molar refractivity (Wildman–Crippen MR) is 93.2 cm³/mol. The van der Waals surface area contributed by atoms with Crippen LogP contribution in [0.2, 0.25) is 0 Å². The zero-order chi connectivity index (χ0) is 17.9. The summed E-state index contributed by atoms with van der Waals surface area (Å²) in [6, 6.07) is 7.44. The van der Waals surface area contributed by atoms with Gasteiger partial charge in [-0.15, -0.1) is 6.58 Å². The summed E-state index contributed by atoms with van der Waals surface area (Å²) in [6.45, 7) is 7.91. The fourth-order valence-corrected chi connectivity index (χ4v) is 4.53. The number of benzene rings is 1. The molecule has 5 nitrogen and oxygen atoms in total. The Morgan fingerprint density at radius 1 is 1.36 bits per heavy atom. The molecule has 0 aromatic heterocycles. The van der Waals surface area contributed by atoms with Gasteiger partial charge in [0.2, 0.25) is 5.91 Å². The minimum absolute atomic E-state index is 0.172. The minimum atomic E-state index is -0.977. The van der Waals surface area contributed by atoms with Crippen molar-refractivity contribution in [3.8, 4) is 0 Å². The highest BCUT2D eigenvalue weighted by atomic mass is 16.5. The zero-order valence-corrected chi connectivity index (χ0v) is 14.3. The smallest absolute Gasteiger partial charge is 0.310 e. The van der Waals surface area contributed by atoms with Crippen LogP contribution in [0.15, 0.2) is 48.6 Å². The monoisotopic (exact) mass is 339 g/mol. The van der Waals surface area contributed by atoms with E-state index in [1.54, 1.807) is 11.0 Å². The van der Waals surface area contributed by atoms with Crippen molar-refractivity contribution in [1.29, 1.82) is 0 Å². The molecule has 0 unspecified atom stereocenters. The molecule has 0 saturated carbocycles. The highest BCUT2D eigenvalue weighted by Crippen LogP contribution is 2.56. The van der Waals surface area contributed by atoms with Crippen molar-refractivity contribution in [2.75, 3.05) is 4.90 Å². The molecule has 130 valence electrons. The van der Waals surface area contributed by atoms with Gasteiger partial charge < -0.3 is 14.7 Å². The molecule has 2 fully saturated rings. The van der Waals surface area contributed by atoms with Gasteiger partial charge in [-0.25, -0.2) is 0 Å². The SMILES string of the molecule is C=C(C)C[C@H]1N(c2ccc(C)cc2)C(=O)[C@H]2[C@@H](C(=O)O)[C@@H]3C=C[C@]21O3. The first kappa shape index (κ1) is 16.1. The van der Waals surface area contributed by atoms with E-state index < -0.39 is 29.5 Å². The van der Waals surface area contributed by atoms with E-state index in [1.165, 1.54) is 0 Å². The average molecular weight is 339 g/mol. The quantitative estimate of drug-likeness (QED) is 0.857. The first-order valence-corrected chi connectivity index (χ1v) is 8.49. The lowest BCUT2D eigenvalue weighted by Crippen LogP contribution is -2.45. The topological polar surface area (TPSA) is 66.8 Å². The van der Waals surface area contributed by atoms with Gasteiger partial charge >= 0.3 is 5.97 Å². The van der Waals surface area contributed by atoms with E-state index in [0.717, 1.165) is 16.8 Å². The number of carboxylic acids is 1. The molecule has 5 heteroatoms. The molecule has 0 radical (unpaired) electrons. The molecule has 1 aromatic rings. The van der Waals surface area contributed by atoms with Gasteiger partial charge in [0.25, 0.3) is 0 Å². The van der Waals surface area contributed by atoms with E-state index in [2.05, 4.69) is 6.58 Å². The summed E-state index contributed by atoms with van der Waals surface area (Å²) in [5, 5.41) is 9.66. The second-order valence-electron chi connectivity index (χ2n) is 7.36. The van der Waals surface area contributed by atoms with Crippen LogP contribution in [-0.4, -0.2) is 34.7 Å². The Bertz CT molecular complexity index is 796. The lowest BCUT2D eigenvalue weighted by Gasteiger charge is -2.33. The molecule has 3 aliphatic heterocycles. The second-order valence-corrected chi connectivity index (χ2v) is 7.36. The maximum atomic E-state index is 13.3. The number of aliphatic carboxylic acids is 1. The number of aryl methyl sites for hydroxylation is 1. The van der Waals surface area contributed by atoms with Crippen LogP contribution < -0.4 is 4.90 Å². The zero-order valence-electron chi connectivity index (χ0n) is 14.3. The van der Waals surface area contributed by atoms with E-state index in [1.807, 2.05) is 44.2 Å². The van der Waals surface area contributed by atoms with Crippen LogP contribution in [0.4, 0.5) is 5.69 Å². The molecule has 1 aromatic carbocycles. The van der Waals surface area contributed by atoms with E-state index in [0.29, 0.717) is 6.42 Å². The Labute approximate surface area is 146 Å². The lowest BCUT2D eigenvalue weighted by molar-refractivity contribution is -0.146. The van der Waals surface area contributed by atoms with Gasteiger partial charge in [-0.05, 0) is 32.4 Å². The van der Waals surface area contributed by atoms with Crippen molar-refractivity contribution in [2.24, 2.45) is 11.8 Å². The van der Waals surface area contributed by atoms with Gasteiger partial charge in [0, 0.05) is 5.69 Å². The number of carbonyl (C=O) groups excluding carboxylic acids is 1. The van der Waals surface area contributed by atoms with Crippen LogP contribution in [0.25, 0.3) is 0 Å². The Kier molecular flexibility index (Phi) is 3.41. The summed E-state index contributed by atoms with van der Waals surface area (Å²) < 4.78 is 6.12. The Morgan fingerprint density at radius 3 is 2.64 bits per heavy atom. The number of amides is 1. The summed E-state index contributed by atoms with van der Waals surface area (Å²) in [5.74, 6) is -2.67. The second kappa shape index (κ2) is 5.30. The molecular formula is C20H21NO4.